The SMILES string of the molecule is [2H]C1=C(C#N)CCC1[2H]. The van der Waals surface area contributed by atoms with E-state index in [1.54, 1.807) is 0 Å². The predicted octanol–water partition coefficient (Wildman–Crippen LogP) is 1.62. The summed E-state index contributed by atoms with van der Waals surface area (Å²) in [5, 5.41) is 8.34. The first-order valence-electron chi connectivity index (χ1n) is 3.35. The molecule has 0 heterocycles. The van der Waals surface area contributed by atoms with Crippen LogP contribution in [0.2, 0.25) is 0 Å². The van der Waals surface area contributed by atoms with Crippen LogP contribution in [-0.4, -0.2) is 0 Å². The standard InChI is InChI=1S/C6H7N/c7-5-6-3-1-2-4-6/h3H,1-2,4H2/i1D,3D. The van der Waals surface area contributed by atoms with Gasteiger partial charge in [0.2, 0.25) is 0 Å². The van der Waals surface area contributed by atoms with Crippen molar-refractivity contribution in [3.8, 4) is 6.07 Å². The fourth-order valence-electron chi connectivity index (χ4n) is 0.572. The minimum absolute atomic E-state index is 0.220. The number of allylic oxidation sites excluding steroid dienone is 2. The zero-order valence-corrected chi connectivity index (χ0v) is 3.94. The van der Waals surface area contributed by atoms with E-state index in [-0.39, 0.29) is 6.05 Å². The quantitative estimate of drug-likeness (QED) is 0.448. The van der Waals surface area contributed by atoms with Gasteiger partial charge in [0.05, 0.1) is 7.44 Å². The third-order valence-corrected chi connectivity index (χ3v) is 0.950. The normalized spacial score (nSPS) is 34.4. The van der Waals surface area contributed by atoms with Crippen LogP contribution in [0.4, 0.5) is 0 Å². The van der Waals surface area contributed by atoms with Gasteiger partial charge in [-0.3, -0.25) is 0 Å². The number of nitriles is 1. The van der Waals surface area contributed by atoms with E-state index in [1.807, 2.05) is 6.07 Å². The molecule has 1 heteroatoms. The van der Waals surface area contributed by atoms with E-state index < -0.39 is 6.40 Å². The summed E-state index contributed by atoms with van der Waals surface area (Å²) in [6, 6.07) is 2.14. The summed E-state index contributed by atoms with van der Waals surface area (Å²) >= 11 is 0. The zero-order valence-electron chi connectivity index (χ0n) is 5.94. The molecule has 0 bridgehead atoms. The Balaban J connectivity index is 2.83. The summed E-state index contributed by atoms with van der Waals surface area (Å²) in [6.07, 6.45) is 0.852. The summed E-state index contributed by atoms with van der Waals surface area (Å²) < 4.78 is 14.3. The van der Waals surface area contributed by atoms with Crippen molar-refractivity contribution in [2.24, 2.45) is 0 Å². The third kappa shape index (κ3) is 0.806. The van der Waals surface area contributed by atoms with Gasteiger partial charge >= 0.3 is 0 Å². The molecule has 0 aromatic rings. The minimum atomic E-state index is -0.431. The van der Waals surface area contributed by atoms with E-state index in [4.69, 9.17) is 8.00 Å². The van der Waals surface area contributed by atoms with Crippen molar-refractivity contribution in [1.82, 2.24) is 0 Å². The lowest BCUT2D eigenvalue weighted by atomic mass is 10.3. The summed E-state index contributed by atoms with van der Waals surface area (Å²) in [4.78, 5) is 0. The summed E-state index contributed by atoms with van der Waals surface area (Å²) in [6.45, 7) is 0. The van der Waals surface area contributed by atoms with Gasteiger partial charge in [0.15, 0.2) is 0 Å². The zero-order chi connectivity index (χ0) is 6.85. The lowest BCUT2D eigenvalue weighted by Gasteiger charge is -1.76. The average molecular weight is 95.1 g/mol. The Labute approximate surface area is 46.1 Å². The predicted molar refractivity (Wildman–Crippen MR) is 27.5 cm³/mol. The van der Waals surface area contributed by atoms with Gasteiger partial charge in [-0.25, -0.2) is 0 Å². The molecule has 1 atom stereocenters. The first kappa shape index (κ1) is 2.52. The van der Waals surface area contributed by atoms with Crippen LogP contribution in [0, 0.1) is 11.3 Å². The van der Waals surface area contributed by atoms with Gasteiger partial charge in [-0.05, 0) is 19.2 Å². The summed E-state index contributed by atoms with van der Waals surface area (Å²) in [7, 11) is 0. The molecule has 1 aliphatic carbocycles. The van der Waals surface area contributed by atoms with Crippen LogP contribution in [0.15, 0.2) is 11.6 Å². The molecule has 0 aromatic carbocycles. The van der Waals surface area contributed by atoms with Crippen molar-refractivity contribution in [2.75, 3.05) is 0 Å². The van der Waals surface area contributed by atoms with Gasteiger partial charge < -0.3 is 0 Å². The van der Waals surface area contributed by atoms with E-state index >= 15 is 0 Å². The van der Waals surface area contributed by atoms with E-state index in [9.17, 15) is 0 Å². The Morgan fingerprint density at radius 1 is 2.14 bits per heavy atom. The molecule has 1 aliphatic rings. The van der Waals surface area contributed by atoms with E-state index in [0.29, 0.717) is 18.4 Å². The fraction of sp³-hybridized carbons (Fsp3) is 0.500. The highest BCUT2D eigenvalue weighted by Gasteiger charge is 2.00. The van der Waals surface area contributed by atoms with Crippen LogP contribution in [0.1, 0.15) is 22.0 Å². The second kappa shape index (κ2) is 1.79. The molecule has 1 unspecified atom stereocenters. The molecule has 1 rings (SSSR count). The maximum Gasteiger partial charge on any atom is 0.0943 e. The molecule has 0 spiro atoms. The van der Waals surface area contributed by atoms with Gasteiger partial charge in [-0.1, -0.05) is 6.05 Å². The van der Waals surface area contributed by atoms with Crippen molar-refractivity contribution in [3.63, 3.8) is 0 Å². The largest absolute Gasteiger partial charge is 0.193 e. The molecule has 36 valence electrons. The molecular formula is C6H7N. The topological polar surface area (TPSA) is 23.8 Å². The summed E-state index contributed by atoms with van der Waals surface area (Å²) in [5.74, 6) is 0. The van der Waals surface area contributed by atoms with Gasteiger partial charge in [0.25, 0.3) is 0 Å². The van der Waals surface area contributed by atoms with Gasteiger partial charge in [0.1, 0.15) is 0 Å². The Kier molecular flexibility index (Phi) is 0.643. The maximum atomic E-state index is 8.34. The average Bonchev–Trinajstić information content (AvgIpc) is 2.15. The number of rotatable bonds is 0. The highest BCUT2D eigenvalue weighted by Crippen LogP contribution is 2.15. The van der Waals surface area contributed by atoms with Crippen molar-refractivity contribution < 1.29 is 2.74 Å². The number of nitrogens with zero attached hydrogens (tertiary/aromatic N) is 1. The van der Waals surface area contributed by atoms with Gasteiger partial charge in [-0.15, -0.1) is 0 Å². The Hall–Kier alpha value is -0.770. The van der Waals surface area contributed by atoms with E-state index in [1.165, 1.54) is 0 Å². The number of hydrogen-bond acceptors (Lipinski definition) is 1. The van der Waals surface area contributed by atoms with Crippen LogP contribution in [-0.2, 0) is 0 Å². The Morgan fingerprint density at radius 2 is 3.00 bits per heavy atom. The molecule has 0 amide bonds. The smallest absolute Gasteiger partial charge is 0.0943 e. The molecule has 0 N–H and O–H groups in total. The van der Waals surface area contributed by atoms with Gasteiger partial charge in [-0.2, -0.15) is 5.26 Å². The van der Waals surface area contributed by atoms with E-state index in [2.05, 4.69) is 0 Å². The fourth-order valence-corrected chi connectivity index (χ4v) is 0.572. The molecule has 7 heavy (non-hydrogen) atoms. The first-order valence-corrected chi connectivity index (χ1v) is 2.27. The molecule has 0 saturated heterocycles. The molecule has 0 aliphatic heterocycles. The second-order valence-electron chi connectivity index (χ2n) is 1.48. The minimum Gasteiger partial charge on any atom is -0.193 e. The van der Waals surface area contributed by atoms with Crippen molar-refractivity contribution in [2.45, 2.75) is 19.2 Å². The van der Waals surface area contributed by atoms with Gasteiger partial charge in [0, 0.05) is 6.94 Å². The molecule has 0 fully saturated rings. The maximum absolute atomic E-state index is 8.34. The number of hydrogen-bond donors (Lipinski definition) is 0. The first-order chi connectivity index (χ1) is 4.25. The highest BCUT2D eigenvalue weighted by molar-refractivity contribution is 5.23. The lowest BCUT2D eigenvalue weighted by Crippen LogP contribution is -1.64. The van der Waals surface area contributed by atoms with Crippen LogP contribution in [0.3, 0.4) is 0 Å². The Morgan fingerprint density at radius 3 is 3.29 bits per heavy atom. The van der Waals surface area contributed by atoms with Crippen LogP contribution in [0.5, 0.6) is 0 Å². The van der Waals surface area contributed by atoms with Crippen molar-refractivity contribution in [1.29, 1.82) is 5.26 Å². The lowest BCUT2D eigenvalue weighted by molar-refractivity contribution is 0.917. The monoisotopic (exact) mass is 95.1 g/mol. The molecule has 0 aromatic heterocycles. The van der Waals surface area contributed by atoms with E-state index in [0.717, 1.165) is 0 Å². The molecular weight excluding hydrogens is 86.1 g/mol. The van der Waals surface area contributed by atoms with Crippen LogP contribution < -0.4 is 0 Å². The molecule has 0 radical (unpaired) electrons. The van der Waals surface area contributed by atoms with Crippen molar-refractivity contribution in [3.05, 3.63) is 11.6 Å². The van der Waals surface area contributed by atoms with Crippen LogP contribution in [0.25, 0.3) is 0 Å². The van der Waals surface area contributed by atoms with Crippen molar-refractivity contribution >= 4 is 0 Å². The highest BCUT2D eigenvalue weighted by atomic mass is 14.2. The second-order valence-corrected chi connectivity index (χ2v) is 1.48. The molecule has 0 saturated carbocycles. The van der Waals surface area contributed by atoms with Crippen LogP contribution >= 0.6 is 0 Å². The Bertz CT molecular complexity index is 190. The summed E-state index contributed by atoms with van der Waals surface area (Å²) in [5.41, 5.74) is 0.495. The molecule has 1 nitrogen and oxygen atoms in total. The third-order valence-electron chi connectivity index (χ3n) is 0.950.